The first-order valence-corrected chi connectivity index (χ1v) is 5.60. The molecule has 0 spiro atoms. The minimum absolute atomic E-state index is 0.189. The summed E-state index contributed by atoms with van der Waals surface area (Å²) < 4.78 is 29.2. The van der Waals surface area contributed by atoms with Crippen molar-refractivity contribution in [3.63, 3.8) is 0 Å². The summed E-state index contributed by atoms with van der Waals surface area (Å²) in [7, 11) is 0. The number of rotatable bonds is 9. The molecule has 5 nitrogen and oxygen atoms in total. The maximum atomic E-state index is 12.8. The molecule has 0 atom stereocenters. The summed E-state index contributed by atoms with van der Waals surface area (Å²) in [4.78, 5) is 10.9. The number of amides is 1. The predicted octanol–water partition coefficient (Wildman–Crippen LogP) is 2.35. The molecule has 0 saturated carbocycles. The van der Waals surface area contributed by atoms with Gasteiger partial charge in [-0.3, -0.25) is 4.79 Å². The quantitative estimate of drug-likeness (QED) is 0.288. The maximum Gasteiger partial charge on any atom is 0.397 e. The van der Waals surface area contributed by atoms with E-state index < -0.39 is 23.2 Å². The van der Waals surface area contributed by atoms with Crippen molar-refractivity contribution in [2.45, 2.75) is 37.9 Å². The number of carbonyl (C=O) groups is 1. The zero-order chi connectivity index (χ0) is 12.4. The van der Waals surface area contributed by atoms with Gasteiger partial charge in [0.1, 0.15) is 12.0 Å². The van der Waals surface area contributed by atoms with Crippen molar-refractivity contribution in [1.29, 1.82) is 0 Å². The van der Waals surface area contributed by atoms with Crippen molar-refractivity contribution < 1.29 is 28.2 Å². The third-order valence-electron chi connectivity index (χ3n) is 1.75. The number of nitrogens with one attached hydrogen (secondary N) is 1. The van der Waals surface area contributed by atoms with Crippen LogP contribution in [-0.2, 0) is 14.2 Å². The summed E-state index contributed by atoms with van der Waals surface area (Å²) in [6.45, 7) is 2.21. The molecule has 96 valence electrons. The predicted molar refractivity (Wildman–Crippen MR) is 54.5 cm³/mol. The van der Waals surface area contributed by atoms with Gasteiger partial charge in [-0.05, 0) is 6.42 Å². The number of unbranched alkanes of at least 4 members (excludes halogenated alkanes) is 3. The van der Waals surface area contributed by atoms with Crippen LogP contribution in [0.5, 0.6) is 0 Å². The van der Waals surface area contributed by atoms with Gasteiger partial charge in [-0.2, -0.15) is 8.78 Å². The summed E-state index contributed by atoms with van der Waals surface area (Å²) in [5.74, 6) is -1.47. The molecule has 2 N–H and O–H groups in total. The minimum atomic E-state index is -3.78. The van der Waals surface area contributed by atoms with Crippen molar-refractivity contribution in [3.8, 4) is 0 Å². The van der Waals surface area contributed by atoms with E-state index in [2.05, 4.69) is 14.7 Å². The lowest BCUT2D eigenvalue weighted by Crippen LogP contribution is -2.38. The molecule has 0 aromatic carbocycles. The molecule has 1 amide bonds. The SMILES string of the molecule is CCCCCCNC(=O)C(F)(F)SOOO. The summed E-state index contributed by atoms with van der Waals surface area (Å²) in [6, 6.07) is 0. The van der Waals surface area contributed by atoms with Gasteiger partial charge in [0.15, 0.2) is 0 Å². The van der Waals surface area contributed by atoms with Crippen LogP contribution >= 0.6 is 12.0 Å². The topological polar surface area (TPSA) is 67.8 Å². The molecule has 0 aromatic heterocycles. The van der Waals surface area contributed by atoms with E-state index in [0.29, 0.717) is 6.42 Å². The summed E-state index contributed by atoms with van der Waals surface area (Å²) >= 11 is -0.562. The molecule has 0 rings (SSSR count). The van der Waals surface area contributed by atoms with Gasteiger partial charge in [0.25, 0.3) is 0 Å². The average Bonchev–Trinajstić information content (AvgIpc) is 2.26. The zero-order valence-corrected chi connectivity index (χ0v) is 9.69. The Kier molecular flexibility index (Phi) is 8.44. The van der Waals surface area contributed by atoms with Gasteiger partial charge in [-0.25, -0.2) is 5.26 Å². The lowest BCUT2D eigenvalue weighted by Gasteiger charge is -2.12. The lowest BCUT2D eigenvalue weighted by molar-refractivity contribution is -0.433. The Bertz CT molecular complexity index is 206. The van der Waals surface area contributed by atoms with Crippen LogP contribution in [0, 0.1) is 0 Å². The number of hydrogen-bond donors (Lipinski definition) is 2. The zero-order valence-electron chi connectivity index (χ0n) is 8.87. The van der Waals surface area contributed by atoms with E-state index in [1.54, 1.807) is 0 Å². The third kappa shape index (κ3) is 6.94. The average molecular weight is 259 g/mol. The Morgan fingerprint density at radius 1 is 1.44 bits per heavy atom. The fraction of sp³-hybridized carbons (Fsp3) is 0.875. The molecular weight excluding hydrogens is 244 g/mol. The lowest BCUT2D eigenvalue weighted by atomic mass is 10.2. The molecular formula is C8H15F2NO4S. The van der Waals surface area contributed by atoms with E-state index in [1.165, 1.54) is 0 Å². The molecule has 0 saturated heterocycles. The van der Waals surface area contributed by atoms with Crippen molar-refractivity contribution in [2.75, 3.05) is 6.54 Å². The molecule has 16 heavy (non-hydrogen) atoms. The van der Waals surface area contributed by atoms with E-state index in [0.717, 1.165) is 19.3 Å². The largest absolute Gasteiger partial charge is 0.397 e. The first-order chi connectivity index (χ1) is 7.54. The van der Waals surface area contributed by atoms with Gasteiger partial charge in [0, 0.05) is 6.54 Å². The second kappa shape index (κ2) is 8.68. The number of hydrogen-bond acceptors (Lipinski definition) is 5. The van der Waals surface area contributed by atoms with Gasteiger partial charge >= 0.3 is 11.2 Å². The van der Waals surface area contributed by atoms with Crippen molar-refractivity contribution >= 4 is 17.9 Å². The number of carbonyl (C=O) groups excluding carboxylic acids is 1. The number of halogens is 2. The van der Waals surface area contributed by atoms with Crippen molar-refractivity contribution in [2.24, 2.45) is 0 Å². The van der Waals surface area contributed by atoms with E-state index in [9.17, 15) is 13.6 Å². The van der Waals surface area contributed by atoms with Gasteiger partial charge < -0.3 is 5.32 Å². The third-order valence-corrected chi connectivity index (χ3v) is 2.27. The number of alkyl halides is 2. The van der Waals surface area contributed by atoms with E-state index in [-0.39, 0.29) is 6.54 Å². The second-order valence-electron chi connectivity index (χ2n) is 3.06. The van der Waals surface area contributed by atoms with Crippen LogP contribution in [0.2, 0.25) is 0 Å². The highest BCUT2D eigenvalue weighted by molar-refractivity contribution is 7.96. The van der Waals surface area contributed by atoms with E-state index in [4.69, 9.17) is 5.26 Å². The highest BCUT2D eigenvalue weighted by atomic mass is 32.2. The monoisotopic (exact) mass is 259 g/mol. The first-order valence-electron chi connectivity index (χ1n) is 4.86. The van der Waals surface area contributed by atoms with Crippen LogP contribution in [0.3, 0.4) is 0 Å². The van der Waals surface area contributed by atoms with Crippen molar-refractivity contribution in [3.05, 3.63) is 0 Å². The minimum Gasteiger partial charge on any atom is -0.350 e. The Morgan fingerprint density at radius 3 is 2.69 bits per heavy atom. The van der Waals surface area contributed by atoms with Gasteiger partial charge in [-0.15, -0.1) is 4.33 Å². The first kappa shape index (κ1) is 15.6. The molecule has 0 fully saturated rings. The molecule has 0 radical (unpaired) electrons. The van der Waals surface area contributed by atoms with Crippen LogP contribution in [0.15, 0.2) is 0 Å². The smallest absolute Gasteiger partial charge is 0.350 e. The molecule has 0 unspecified atom stereocenters. The Morgan fingerprint density at radius 2 is 2.12 bits per heavy atom. The Balaban J connectivity index is 3.69. The fourth-order valence-corrected chi connectivity index (χ4v) is 1.22. The fourth-order valence-electron chi connectivity index (χ4n) is 0.952. The van der Waals surface area contributed by atoms with E-state index in [1.807, 2.05) is 6.92 Å². The van der Waals surface area contributed by atoms with E-state index >= 15 is 0 Å². The van der Waals surface area contributed by atoms with Crippen LogP contribution in [0.1, 0.15) is 32.6 Å². The van der Waals surface area contributed by atoms with Gasteiger partial charge in [-0.1, -0.05) is 31.2 Å². The van der Waals surface area contributed by atoms with Crippen LogP contribution in [0.25, 0.3) is 0 Å². The molecule has 0 bridgehead atoms. The Labute approximate surface area is 96.5 Å². The molecule has 0 aromatic rings. The molecule has 0 aliphatic carbocycles. The summed E-state index contributed by atoms with van der Waals surface area (Å²) in [6.07, 6.45) is 3.56. The van der Waals surface area contributed by atoms with Crippen molar-refractivity contribution in [1.82, 2.24) is 5.32 Å². The van der Waals surface area contributed by atoms with Gasteiger partial charge in [0.2, 0.25) is 0 Å². The molecule has 0 heterocycles. The van der Waals surface area contributed by atoms with Crippen LogP contribution in [-0.4, -0.2) is 23.0 Å². The standard InChI is InChI=1S/C8H15F2NO4S/c1-2-3-4-5-6-11-7(12)8(9,10)16-15-14-13/h13H,2-6H2,1H3,(H,11,12). The highest BCUT2D eigenvalue weighted by Gasteiger charge is 2.41. The molecule has 0 aliphatic rings. The van der Waals surface area contributed by atoms with Gasteiger partial charge in [0.05, 0.1) is 0 Å². The highest BCUT2D eigenvalue weighted by Crippen LogP contribution is 2.29. The maximum absolute atomic E-state index is 12.8. The summed E-state index contributed by atoms with van der Waals surface area (Å²) in [5.41, 5.74) is 0. The normalized spacial score (nSPS) is 11.5. The van der Waals surface area contributed by atoms with Crippen LogP contribution < -0.4 is 5.32 Å². The molecule has 8 heteroatoms. The van der Waals surface area contributed by atoms with Crippen LogP contribution in [0.4, 0.5) is 8.78 Å². The Hall–Kier alpha value is -0.440. The second-order valence-corrected chi connectivity index (χ2v) is 3.87. The summed E-state index contributed by atoms with van der Waals surface area (Å²) in [5, 5.41) is 8.94. The molecule has 0 aliphatic heterocycles.